The average Bonchev–Trinajstić information content (AvgIpc) is 2.36. The molecule has 0 atom stereocenters. The van der Waals surface area contributed by atoms with Crippen molar-refractivity contribution in [1.29, 1.82) is 0 Å². The Morgan fingerprint density at radius 1 is 1.82 bits per heavy atom. The molecule has 0 aliphatic carbocycles. The Morgan fingerprint density at radius 2 is 2.55 bits per heavy atom. The molecule has 60 valence electrons. The Balaban J connectivity index is 2.76. The number of ether oxygens (including phenoxy) is 1. The quantitative estimate of drug-likeness (QED) is 0.652. The van der Waals surface area contributed by atoms with E-state index in [-0.39, 0.29) is 17.3 Å². The van der Waals surface area contributed by atoms with Crippen molar-refractivity contribution in [3.63, 3.8) is 0 Å². The van der Waals surface area contributed by atoms with Gasteiger partial charge in [-0.15, -0.1) is 11.3 Å². The smallest absolute Gasteiger partial charge is 0.201 e. The van der Waals surface area contributed by atoms with Gasteiger partial charge in [0.25, 0.3) is 0 Å². The minimum Gasteiger partial charge on any atom is -0.376 e. The van der Waals surface area contributed by atoms with Gasteiger partial charge < -0.3 is 4.74 Å². The van der Waals surface area contributed by atoms with Crippen LogP contribution in [0.4, 0.5) is 4.39 Å². The lowest BCUT2D eigenvalue weighted by Crippen LogP contribution is -2.06. The first-order valence-corrected chi connectivity index (χ1v) is 3.89. The van der Waals surface area contributed by atoms with Crippen LogP contribution in [0.3, 0.4) is 0 Å². The maximum absolute atomic E-state index is 12.7. The van der Waals surface area contributed by atoms with Crippen LogP contribution < -0.4 is 0 Å². The summed E-state index contributed by atoms with van der Waals surface area (Å²) in [6.07, 6.45) is 0. The first-order chi connectivity index (χ1) is 5.25. The van der Waals surface area contributed by atoms with E-state index in [1.54, 1.807) is 0 Å². The van der Waals surface area contributed by atoms with Crippen LogP contribution in [0.15, 0.2) is 11.4 Å². The Bertz CT molecular complexity index is 257. The molecule has 0 unspecified atom stereocenters. The minimum atomic E-state index is -0.461. The van der Waals surface area contributed by atoms with E-state index in [1.807, 2.05) is 0 Å². The lowest BCUT2D eigenvalue weighted by molar-refractivity contribution is 0.0848. The van der Waals surface area contributed by atoms with Crippen LogP contribution in [0.25, 0.3) is 0 Å². The van der Waals surface area contributed by atoms with Crippen LogP contribution in [0, 0.1) is 5.82 Å². The van der Waals surface area contributed by atoms with Crippen molar-refractivity contribution in [2.24, 2.45) is 0 Å². The Hall–Kier alpha value is -0.740. The molecule has 1 rings (SSSR count). The number of hydrogen-bond acceptors (Lipinski definition) is 3. The van der Waals surface area contributed by atoms with Crippen LogP contribution in [0.2, 0.25) is 0 Å². The fraction of sp³-hybridized carbons (Fsp3) is 0.286. The third-order valence-corrected chi connectivity index (χ3v) is 2.08. The zero-order valence-corrected chi connectivity index (χ0v) is 6.78. The van der Waals surface area contributed by atoms with Gasteiger partial charge in [-0.1, -0.05) is 0 Å². The summed E-state index contributed by atoms with van der Waals surface area (Å²) in [6, 6.07) is 1.27. The lowest BCUT2D eigenvalue weighted by atomic mass is 10.3. The summed E-state index contributed by atoms with van der Waals surface area (Å²) in [5, 5.41) is 1.54. The van der Waals surface area contributed by atoms with Crippen molar-refractivity contribution in [2.75, 3.05) is 13.7 Å². The largest absolute Gasteiger partial charge is 0.376 e. The van der Waals surface area contributed by atoms with Crippen LogP contribution in [0.5, 0.6) is 0 Å². The summed E-state index contributed by atoms with van der Waals surface area (Å²) in [4.78, 5) is 11.1. The number of ketones is 1. The summed E-state index contributed by atoms with van der Waals surface area (Å²) in [7, 11) is 1.41. The second-order valence-electron chi connectivity index (χ2n) is 1.95. The number of hydrogen-bond donors (Lipinski definition) is 0. The molecule has 0 spiro atoms. The molecule has 0 aliphatic heterocycles. The molecule has 0 N–H and O–H groups in total. The maximum atomic E-state index is 12.7. The average molecular weight is 174 g/mol. The van der Waals surface area contributed by atoms with Crippen molar-refractivity contribution in [1.82, 2.24) is 0 Å². The van der Waals surface area contributed by atoms with Crippen LogP contribution in [-0.4, -0.2) is 19.5 Å². The minimum absolute atomic E-state index is 0.0581. The van der Waals surface area contributed by atoms with Gasteiger partial charge >= 0.3 is 0 Å². The SMILES string of the molecule is COCC(=O)c1sccc1F. The van der Waals surface area contributed by atoms with Crippen LogP contribution >= 0.6 is 11.3 Å². The first-order valence-electron chi connectivity index (χ1n) is 3.01. The molecule has 0 aromatic carbocycles. The Morgan fingerprint density at radius 3 is 3.00 bits per heavy atom. The van der Waals surface area contributed by atoms with Gasteiger partial charge in [-0.05, 0) is 11.4 Å². The van der Waals surface area contributed by atoms with Crippen molar-refractivity contribution in [2.45, 2.75) is 0 Å². The number of halogens is 1. The molecule has 11 heavy (non-hydrogen) atoms. The lowest BCUT2D eigenvalue weighted by Gasteiger charge is -1.94. The number of rotatable bonds is 3. The third-order valence-electron chi connectivity index (χ3n) is 1.15. The third kappa shape index (κ3) is 1.85. The fourth-order valence-electron chi connectivity index (χ4n) is 0.689. The predicted octanol–water partition coefficient (Wildman–Crippen LogP) is 1.72. The molecule has 0 saturated carbocycles. The summed E-state index contributed by atoms with van der Waals surface area (Å²) in [5.74, 6) is -0.767. The van der Waals surface area contributed by atoms with Crippen molar-refractivity contribution in [3.8, 4) is 0 Å². The van der Waals surface area contributed by atoms with Gasteiger partial charge in [0.1, 0.15) is 17.3 Å². The number of Topliss-reactive ketones (excluding diaryl/α,β-unsaturated/α-hetero) is 1. The molecule has 0 aliphatic rings. The number of carbonyl (C=O) groups is 1. The molecule has 0 fully saturated rings. The summed E-state index contributed by atoms with van der Waals surface area (Å²) in [5.41, 5.74) is 0. The molecule has 1 aromatic rings. The number of carbonyl (C=O) groups excluding carboxylic acids is 1. The molecule has 0 radical (unpaired) electrons. The molecular formula is C7H7FO2S. The molecule has 4 heteroatoms. The highest BCUT2D eigenvalue weighted by atomic mass is 32.1. The molecule has 2 nitrogen and oxygen atoms in total. The van der Waals surface area contributed by atoms with Gasteiger partial charge in [0.15, 0.2) is 0 Å². The Kier molecular flexibility index (Phi) is 2.73. The maximum Gasteiger partial charge on any atom is 0.201 e. The zero-order chi connectivity index (χ0) is 8.27. The molecule has 1 aromatic heterocycles. The van der Waals surface area contributed by atoms with Gasteiger partial charge in [-0.2, -0.15) is 0 Å². The van der Waals surface area contributed by atoms with Crippen LogP contribution in [-0.2, 0) is 4.74 Å². The van der Waals surface area contributed by atoms with E-state index < -0.39 is 5.82 Å². The van der Waals surface area contributed by atoms with Gasteiger partial charge in [-0.3, -0.25) is 4.79 Å². The second kappa shape index (κ2) is 3.59. The van der Waals surface area contributed by atoms with E-state index in [4.69, 9.17) is 0 Å². The molecule has 0 bridgehead atoms. The van der Waals surface area contributed by atoms with Gasteiger partial charge in [-0.25, -0.2) is 4.39 Å². The number of methoxy groups -OCH3 is 1. The summed E-state index contributed by atoms with van der Waals surface area (Å²) >= 11 is 1.09. The van der Waals surface area contributed by atoms with E-state index in [0.29, 0.717) is 0 Å². The molecule has 0 amide bonds. The summed E-state index contributed by atoms with van der Waals surface area (Å²) in [6.45, 7) is -0.0581. The van der Waals surface area contributed by atoms with E-state index in [0.717, 1.165) is 11.3 Å². The fourth-order valence-corrected chi connectivity index (χ4v) is 1.38. The highest BCUT2D eigenvalue weighted by Gasteiger charge is 2.11. The van der Waals surface area contributed by atoms with Crippen molar-refractivity contribution < 1.29 is 13.9 Å². The normalized spacial score (nSPS) is 10.0. The molecule has 1 heterocycles. The van der Waals surface area contributed by atoms with E-state index in [1.165, 1.54) is 18.6 Å². The standard InChI is InChI=1S/C7H7FO2S/c1-10-4-6(9)7-5(8)2-3-11-7/h2-3H,4H2,1H3. The zero-order valence-electron chi connectivity index (χ0n) is 5.96. The monoisotopic (exact) mass is 174 g/mol. The molecular weight excluding hydrogens is 167 g/mol. The topological polar surface area (TPSA) is 26.3 Å². The highest BCUT2D eigenvalue weighted by molar-refractivity contribution is 7.12. The van der Waals surface area contributed by atoms with Crippen molar-refractivity contribution >= 4 is 17.1 Å². The van der Waals surface area contributed by atoms with Crippen LogP contribution in [0.1, 0.15) is 9.67 Å². The van der Waals surface area contributed by atoms with Gasteiger partial charge in [0, 0.05) is 7.11 Å². The van der Waals surface area contributed by atoms with Gasteiger partial charge in [0.05, 0.1) is 0 Å². The van der Waals surface area contributed by atoms with E-state index in [9.17, 15) is 9.18 Å². The van der Waals surface area contributed by atoms with E-state index >= 15 is 0 Å². The van der Waals surface area contributed by atoms with E-state index in [2.05, 4.69) is 4.74 Å². The summed E-state index contributed by atoms with van der Waals surface area (Å²) < 4.78 is 17.2. The highest BCUT2D eigenvalue weighted by Crippen LogP contribution is 2.14. The van der Waals surface area contributed by atoms with Gasteiger partial charge in [0.2, 0.25) is 5.78 Å². The molecule has 0 saturated heterocycles. The Labute approximate surface area is 67.6 Å². The van der Waals surface area contributed by atoms with Crippen molar-refractivity contribution in [3.05, 3.63) is 22.1 Å². The first kappa shape index (κ1) is 8.36. The number of thiophene rings is 1. The predicted molar refractivity (Wildman–Crippen MR) is 40.5 cm³/mol. The second-order valence-corrected chi connectivity index (χ2v) is 2.87.